The number of fused-ring (bicyclic) bond motifs is 1. The molecule has 0 atom stereocenters. The van der Waals surface area contributed by atoms with E-state index in [9.17, 15) is 13.2 Å². The minimum atomic E-state index is -3.64. The van der Waals surface area contributed by atoms with Gasteiger partial charge in [0.15, 0.2) is 0 Å². The number of anilines is 1. The molecule has 3 heterocycles. The molecule has 0 radical (unpaired) electrons. The number of sulfonamides is 1. The van der Waals surface area contributed by atoms with Crippen molar-refractivity contribution in [2.45, 2.75) is 25.2 Å². The Bertz CT molecular complexity index is 1210. The number of piperazine rings is 1. The van der Waals surface area contributed by atoms with Crippen LogP contribution in [-0.4, -0.2) is 48.9 Å². The number of rotatable bonds is 4. The highest BCUT2D eigenvalue weighted by Crippen LogP contribution is 2.23. The van der Waals surface area contributed by atoms with Crippen LogP contribution in [0.3, 0.4) is 0 Å². The summed E-state index contributed by atoms with van der Waals surface area (Å²) in [6.07, 6.45) is 0.755. The van der Waals surface area contributed by atoms with Crippen molar-refractivity contribution in [1.29, 1.82) is 0 Å². The van der Waals surface area contributed by atoms with Crippen LogP contribution in [0.4, 0.5) is 5.82 Å². The first-order valence-electron chi connectivity index (χ1n) is 9.50. The second kappa shape index (κ2) is 7.57. The van der Waals surface area contributed by atoms with Crippen LogP contribution in [0.25, 0.3) is 11.0 Å². The molecule has 0 spiro atoms. The smallest absolute Gasteiger partial charge is 0.336 e. The molecule has 0 amide bonds. The second-order valence-corrected chi connectivity index (χ2v) is 8.92. The molecule has 2 aromatic heterocycles. The number of nitrogens with zero attached hydrogens (tertiary/aromatic N) is 4. The van der Waals surface area contributed by atoms with E-state index < -0.39 is 15.6 Å². The van der Waals surface area contributed by atoms with Crippen LogP contribution in [0, 0.1) is 6.92 Å². The van der Waals surface area contributed by atoms with Crippen molar-refractivity contribution < 1.29 is 12.8 Å². The van der Waals surface area contributed by atoms with Gasteiger partial charge in [-0.2, -0.15) is 4.31 Å². The number of aromatic nitrogens is 2. The maximum atomic E-state index is 13.1. The molecular formula is C20H22N4O4S. The molecule has 3 aromatic rings. The summed E-state index contributed by atoms with van der Waals surface area (Å²) in [6.45, 7) is 5.80. The zero-order valence-electron chi connectivity index (χ0n) is 16.3. The summed E-state index contributed by atoms with van der Waals surface area (Å²) in [7, 11) is -3.64. The molecule has 152 valence electrons. The molecule has 1 fully saturated rings. The van der Waals surface area contributed by atoms with Crippen LogP contribution in [0.1, 0.15) is 18.4 Å². The van der Waals surface area contributed by atoms with E-state index in [1.807, 2.05) is 19.9 Å². The number of hydrogen-bond donors (Lipinski definition) is 0. The molecule has 8 nitrogen and oxygen atoms in total. The largest absolute Gasteiger partial charge is 0.423 e. The van der Waals surface area contributed by atoms with Crippen LogP contribution in [0.5, 0.6) is 0 Å². The molecule has 0 saturated carbocycles. The minimum Gasteiger partial charge on any atom is -0.423 e. The zero-order valence-corrected chi connectivity index (χ0v) is 17.1. The van der Waals surface area contributed by atoms with Crippen LogP contribution in [0.15, 0.2) is 50.5 Å². The normalized spacial score (nSPS) is 15.7. The highest BCUT2D eigenvalue weighted by Gasteiger charge is 2.29. The predicted octanol–water partition coefficient (Wildman–Crippen LogP) is 1.96. The van der Waals surface area contributed by atoms with Crippen molar-refractivity contribution in [3.63, 3.8) is 0 Å². The van der Waals surface area contributed by atoms with E-state index in [4.69, 9.17) is 4.42 Å². The lowest BCUT2D eigenvalue weighted by molar-refractivity contribution is 0.383. The number of hydrogen-bond acceptors (Lipinski definition) is 7. The van der Waals surface area contributed by atoms with Crippen molar-refractivity contribution >= 4 is 26.8 Å². The standard InChI is InChI=1S/C20H22N4O4S/c1-3-18-21-14(2)12-19(22-18)23-8-10-24(11-9-23)29(26,27)16-5-6-17-15(13-16)4-7-20(25)28-17/h4-7,12-13H,3,8-11H2,1-2H3. The molecule has 4 rings (SSSR count). The molecule has 0 unspecified atom stereocenters. The van der Waals surface area contributed by atoms with Gasteiger partial charge in [0.1, 0.15) is 17.2 Å². The Morgan fingerprint density at radius 3 is 2.52 bits per heavy atom. The molecule has 0 N–H and O–H groups in total. The van der Waals surface area contributed by atoms with E-state index in [2.05, 4.69) is 14.9 Å². The third kappa shape index (κ3) is 3.88. The highest BCUT2D eigenvalue weighted by atomic mass is 32.2. The van der Waals surface area contributed by atoms with E-state index in [0.717, 1.165) is 23.8 Å². The Kier molecular flexibility index (Phi) is 5.10. The predicted molar refractivity (Wildman–Crippen MR) is 110 cm³/mol. The third-order valence-electron chi connectivity index (χ3n) is 4.99. The Hall–Kier alpha value is -2.78. The van der Waals surface area contributed by atoms with Crippen LogP contribution >= 0.6 is 0 Å². The molecule has 0 aliphatic carbocycles. The van der Waals surface area contributed by atoms with E-state index in [1.54, 1.807) is 12.1 Å². The summed E-state index contributed by atoms with van der Waals surface area (Å²) >= 11 is 0. The second-order valence-electron chi connectivity index (χ2n) is 6.98. The summed E-state index contributed by atoms with van der Waals surface area (Å²) in [5.41, 5.74) is 0.812. The molecule has 29 heavy (non-hydrogen) atoms. The maximum absolute atomic E-state index is 13.1. The van der Waals surface area contributed by atoms with Gasteiger partial charge < -0.3 is 9.32 Å². The van der Waals surface area contributed by atoms with E-state index in [-0.39, 0.29) is 4.90 Å². The molecule has 1 aliphatic rings. The van der Waals surface area contributed by atoms with Crippen molar-refractivity contribution in [1.82, 2.24) is 14.3 Å². The molecule has 1 saturated heterocycles. The van der Waals surface area contributed by atoms with Gasteiger partial charge in [-0.3, -0.25) is 0 Å². The average Bonchev–Trinajstić information content (AvgIpc) is 2.73. The topological polar surface area (TPSA) is 96.6 Å². The lowest BCUT2D eigenvalue weighted by Gasteiger charge is -2.34. The monoisotopic (exact) mass is 414 g/mol. The van der Waals surface area contributed by atoms with E-state index in [1.165, 1.54) is 22.5 Å². The first-order valence-corrected chi connectivity index (χ1v) is 10.9. The Morgan fingerprint density at radius 1 is 1.03 bits per heavy atom. The zero-order chi connectivity index (χ0) is 20.6. The van der Waals surface area contributed by atoms with Crippen LogP contribution < -0.4 is 10.5 Å². The van der Waals surface area contributed by atoms with Crippen molar-refractivity contribution in [3.05, 3.63) is 58.3 Å². The van der Waals surface area contributed by atoms with Crippen molar-refractivity contribution in [2.75, 3.05) is 31.1 Å². The average molecular weight is 414 g/mol. The minimum absolute atomic E-state index is 0.193. The van der Waals surface area contributed by atoms with Gasteiger partial charge >= 0.3 is 5.63 Å². The molecule has 1 aliphatic heterocycles. The molecule has 1 aromatic carbocycles. The number of benzene rings is 1. The van der Waals surface area contributed by atoms with Gasteiger partial charge in [-0.05, 0) is 31.2 Å². The molecular weight excluding hydrogens is 392 g/mol. The molecule has 0 bridgehead atoms. The maximum Gasteiger partial charge on any atom is 0.336 e. The summed E-state index contributed by atoms with van der Waals surface area (Å²) in [6, 6.07) is 9.33. The third-order valence-corrected chi connectivity index (χ3v) is 6.89. The fourth-order valence-electron chi connectivity index (χ4n) is 3.45. The lowest BCUT2D eigenvalue weighted by Crippen LogP contribution is -2.49. The first-order chi connectivity index (χ1) is 13.9. The first kappa shape index (κ1) is 19.5. The van der Waals surface area contributed by atoms with Crippen molar-refractivity contribution in [2.24, 2.45) is 0 Å². The van der Waals surface area contributed by atoms with Gasteiger partial charge in [0.05, 0.1) is 4.90 Å². The fraction of sp³-hybridized carbons (Fsp3) is 0.350. The van der Waals surface area contributed by atoms with Crippen LogP contribution in [0.2, 0.25) is 0 Å². The summed E-state index contributed by atoms with van der Waals surface area (Å²) in [4.78, 5) is 22.6. The Balaban J connectivity index is 1.54. The van der Waals surface area contributed by atoms with Gasteiger partial charge in [-0.25, -0.2) is 23.2 Å². The Labute approximate surface area is 168 Å². The van der Waals surface area contributed by atoms with E-state index >= 15 is 0 Å². The van der Waals surface area contributed by atoms with E-state index in [0.29, 0.717) is 37.1 Å². The summed E-state index contributed by atoms with van der Waals surface area (Å²) < 4.78 is 32.7. The van der Waals surface area contributed by atoms with Crippen LogP contribution in [-0.2, 0) is 16.4 Å². The number of aryl methyl sites for hydroxylation is 2. The quantitative estimate of drug-likeness (QED) is 0.602. The fourth-order valence-corrected chi connectivity index (χ4v) is 4.91. The summed E-state index contributed by atoms with van der Waals surface area (Å²) in [5, 5.41) is 0.577. The van der Waals surface area contributed by atoms with Gasteiger partial charge in [0.2, 0.25) is 10.0 Å². The molecule has 9 heteroatoms. The Morgan fingerprint density at radius 2 is 1.79 bits per heavy atom. The highest BCUT2D eigenvalue weighted by molar-refractivity contribution is 7.89. The lowest BCUT2D eigenvalue weighted by atomic mass is 10.2. The van der Waals surface area contributed by atoms with Gasteiger partial charge in [-0.15, -0.1) is 0 Å². The summed E-state index contributed by atoms with van der Waals surface area (Å²) in [5.74, 6) is 1.63. The van der Waals surface area contributed by atoms with Gasteiger partial charge in [-0.1, -0.05) is 6.92 Å². The van der Waals surface area contributed by atoms with Gasteiger partial charge in [0.25, 0.3) is 0 Å². The SMILES string of the molecule is CCc1nc(C)cc(N2CCN(S(=O)(=O)c3ccc4oc(=O)ccc4c3)CC2)n1. The van der Waals surface area contributed by atoms with Gasteiger partial charge in [0, 0.05) is 55.8 Å². The van der Waals surface area contributed by atoms with Crippen molar-refractivity contribution in [3.8, 4) is 0 Å².